The SMILES string of the molecule is CCC(CO)(Cc1ccc(C)cc1)c1ccccc1. The molecule has 0 radical (unpaired) electrons. The Balaban J connectivity index is 2.32. The van der Waals surface area contributed by atoms with Gasteiger partial charge in [0.15, 0.2) is 0 Å². The highest BCUT2D eigenvalue weighted by Crippen LogP contribution is 2.31. The van der Waals surface area contributed by atoms with Crippen molar-refractivity contribution in [1.82, 2.24) is 0 Å². The highest BCUT2D eigenvalue weighted by atomic mass is 16.3. The maximum Gasteiger partial charge on any atom is 0.0531 e. The molecule has 2 rings (SSSR count). The van der Waals surface area contributed by atoms with Crippen LogP contribution in [0.5, 0.6) is 0 Å². The molecule has 0 saturated heterocycles. The first-order chi connectivity index (χ1) is 9.20. The number of aliphatic hydroxyl groups is 1. The van der Waals surface area contributed by atoms with E-state index in [1.165, 1.54) is 16.7 Å². The summed E-state index contributed by atoms with van der Waals surface area (Å²) < 4.78 is 0. The van der Waals surface area contributed by atoms with E-state index in [1.807, 2.05) is 18.2 Å². The lowest BCUT2D eigenvalue weighted by molar-refractivity contribution is 0.186. The molecule has 0 heterocycles. The maximum atomic E-state index is 9.95. The minimum Gasteiger partial charge on any atom is -0.395 e. The number of hydrogen-bond donors (Lipinski definition) is 1. The Morgan fingerprint density at radius 2 is 1.58 bits per heavy atom. The van der Waals surface area contributed by atoms with Crippen LogP contribution < -0.4 is 0 Å². The average Bonchev–Trinajstić information content (AvgIpc) is 2.48. The largest absolute Gasteiger partial charge is 0.395 e. The lowest BCUT2D eigenvalue weighted by Gasteiger charge is -2.31. The van der Waals surface area contributed by atoms with E-state index in [-0.39, 0.29) is 12.0 Å². The summed E-state index contributed by atoms with van der Waals surface area (Å²) in [5.74, 6) is 0. The van der Waals surface area contributed by atoms with Gasteiger partial charge >= 0.3 is 0 Å². The number of rotatable bonds is 5. The second-order valence-corrected chi connectivity index (χ2v) is 5.32. The Labute approximate surface area is 115 Å². The summed E-state index contributed by atoms with van der Waals surface area (Å²) in [6, 6.07) is 19.0. The van der Waals surface area contributed by atoms with Crippen molar-refractivity contribution in [2.24, 2.45) is 0 Å². The van der Waals surface area contributed by atoms with Gasteiger partial charge in [0.2, 0.25) is 0 Å². The van der Waals surface area contributed by atoms with Crippen LogP contribution in [0, 0.1) is 6.92 Å². The molecule has 1 N–H and O–H groups in total. The van der Waals surface area contributed by atoms with Crippen LogP contribution in [-0.4, -0.2) is 11.7 Å². The van der Waals surface area contributed by atoms with Crippen molar-refractivity contribution < 1.29 is 5.11 Å². The first-order valence-electron chi connectivity index (χ1n) is 6.92. The Hall–Kier alpha value is -1.60. The van der Waals surface area contributed by atoms with Crippen molar-refractivity contribution in [1.29, 1.82) is 0 Å². The fourth-order valence-electron chi connectivity index (χ4n) is 2.58. The van der Waals surface area contributed by atoms with Gasteiger partial charge in [0, 0.05) is 5.41 Å². The standard InChI is InChI=1S/C18H22O/c1-3-18(14-19,17-7-5-4-6-8-17)13-16-11-9-15(2)10-12-16/h4-12,19H,3,13-14H2,1-2H3. The molecule has 0 amide bonds. The Kier molecular flexibility index (Phi) is 4.39. The third-order valence-electron chi connectivity index (χ3n) is 4.03. The predicted molar refractivity (Wildman–Crippen MR) is 80.4 cm³/mol. The van der Waals surface area contributed by atoms with Crippen molar-refractivity contribution in [2.75, 3.05) is 6.61 Å². The first-order valence-corrected chi connectivity index (χ1v) is 6.92. The lowest BCUT2D eigenvalue weighted by Crippen LogP contribution is -2.32. The normalized spacial score (nSPS) is 14.1. The topological polar surface area (TPSA) is 20.2 Å². The number of aliphatic hydroxyl groups excluding tert-OH is 1. The summed E-state index contributed by atoms with van der Waals surface area (Å²) >= 11 is 0. The quantitative estimate of drug-likeness (QED) is 0.858. The van der Waals surface area contributed by atoms with E-state index in [4.69, 9.17) is 0 Å². The molecule has 2 aromatic carbocycles. The lowest BCUT2D eigenvalue weighted by atomic mass is 9.74. The fourth-order valence-corrected chi connectivity index (χ4v) is 2.58. The molecule has 0 spiro atoms. The van der Waals surface area contributed by atoms with Crippen molar-refractivity contribution in [3.8, 4) is 0 Å². The highest BCUT2D eigenvalue weighted by Gasteiger charge is 2.29. The van der Waals surface area contributed by atoms with Crippen LogP contribution in [0.2, 0.25) is 0 Å². The molecule has 1 nitrogen and oxygen atoms in total. The molecule has 0 fully saturated rings. The van der Waals surface area contributed by atoms with E-state index >= 15 is 0 Å². The van der Waals surface area contributed by atoms with E-state index < -0.39 is 0 Å². The van der Waals surface area contributed by atoms with Gasteiger partial charge in [-0.15, -0.1) is 0 Å². The zero-order chi connectivity index (χ0) is 13.7. The second-order valence-electron chi connectivity index (χ2n) is 5.32. The molecule has 2 aromatic rings. The summed E-state index contributed by atoms with van der Waals surface area (Å²) in [4.78, 5) is 0. The van der Waals surface area contributed by atoms with Gasteiger partial charge in [-0.3, -0.25) is 0 Å². The average molecular weight is 254 g/mol. The number of hydrogen-bond acceptors (Lipinski definition) is 1. The van der Waals surface area contributed by atoms with Crippen LogP contribution >= 0.6 is 0 Å². The molecule has 0 saturated carbocycles. The predicted octanol–water partition coefficient (Wildman–Crippen LogP) is 3.88. The fraction of sp³-hybridized carbons (Fsp3) is 0.333. The summed E-state index contributed by atoms with van der Waals surface area (Å²) in [7, 11) is 0. The first kappa shape index (κ1) is 13.8. The smallest absolute Gasteiger partial charge is 0.0531 e. The van der Waals surface area contributed by atoms with E-state index in [9.17, 15) is 5.11 Å². The zero-order valence-electron chi connectivity index (χ0n) is 11.8. The molecule has 0 aromatic heterocycles. The van der Waals surface area contributed by atoms with Gasteiger partial charge in [0.05, 0.1) is 6.61 Å². The summed E-state index contributed by atoms with van der Waals surface area (Å²) in [5, 5.41) is 9.95. The molecular formula is C18H22O. The van der Waals surface area contributed by atoms with Gasteiger partial charge < -0.3 is 5.11 Å². The van der Waals surface area contributed by atoms with Gasteiger partial charge in [0.1, 0.15) is 0 Å². The Morgan fingerprint density at radius 3 is 2.11 bits per heavy atom. The summed E-state index contributed by atoms with van der Waals surface area (Å²) in [6.07, 6.45) is 1.81. The van der Waals surface area contributed by atoms with E-state index in [2.05, 4.69) is 50.2 Å². The molecule has 1 unspecified atom stereocenters. The molecule has 1 atom stereocenters. The molecule has 0 bridgehead atoms. The second kappa shape index (κ2) is 6.03. The van der Waals surface area contributed by atoms with Crippen LogP contribution in [0.4, 0.5) is 0 Å². The Morgan fingerprint density at radius 1 is 0.947 bits per heavy atom. The van der Waals surface area contributed by atoms with Crippen molar-refractivity contribution in [3.05, 3.63) is 71.3 Å². The minimum absolute atomic E-state index is 0.170. The van der Waals surface area contributed by atoms with Gasteiger partial charge in [-0.1, -0.05) is 67.1 Å². The zero-order valence-corrected chi connectivity index (χ0v) is 11.8. The van der Waals surface area contributed by atoms with Crippen LogP contribution in [0.3, 0.4) is 0 Å². The Bertz CT molecular complexity index is 495. The molecule has 100 valence electrons. The van der Waals surface area contributed by atoms with E-state index in [0.29, 0.717) is 0 Å². The minimum atomic E-state index is -0.170. The molecule has 0 aliphatic carbocycles. The molecule has 19 heavy (non-hydrogen) atoms. The van der Waals surface area contributed by atoms with Gasteiger partial charge in [0.25, 0.3) is 0 Å². The van der Waals surface area contributed by atoms with Gasteiger partial charge in [-0.25, -0.2) is 0 Å². The summed E-state index contributed by atoms with van der Waals surface area (Å²) in [6.45, 7) is 4.43. The third kappa shape index (κ3) is 3.05. The van der Waals surface area contributed by atoms with Gasteiger partial charge in [-0.2, -0.15) is 0 Å². The molecule has 0 aliphatic rings. The monoisotopic (exact) mass is 254 g/mol. The van der Waals surface area contributed by atoms with E-state index in [0.717, 1.165) is 12.8 Å². The van der Waals surface area contributed by atoms with Crippen LogP contribution in [0.25, 0.3) is 0 Å². The van der Waals surface area contributed by atoms with Crippen molar-refractivity contribution >= 4 is 0 Å². The van der Waals surface area contributed by atoms with Crippen LogP contribution in [-0.2, 0) is 11.8 Å². The van der Waals surface area contributed by atoms with E-state index in [1.54, 1.807) is 0 Å². The molecular weight excluding hydrogens is 232 g/mol. The van der Waals surface area contributed by atoms with Crippen molar-refractivity contribution in [3.63, 3.8) is 0 Å². The molecule has 1 heteroatoms. The third-order valence-corrected chi connectivity index (χ3v) is 4.03. The molecule has 0 aliphatic heterocycles. The van der Waals surface area contributed by atoms with Crippen molar-refractivity contribution in [2.45, 2.75) is 32.1 Å². The van der Waals surface area contributed by atoms with Crippen LogP contribution in [0.1, 0.15) is 30.0 Å². The van der Waals surface area contributed by atoms with Gasteiger partial charge in [-0.05, 0) is 30.9 Å². The highest BCUT2D eigenvalue weighted by molar-refractivity contribution is 5.30. The van der Waals surface area contributed by atoms with Crippen LogP contribution in [0.15, 0.2) is 54.6 Å². The number of aryl methyl sites for hydroxylation is 1. The number of benzene rings is 2. The summed E-state index contributed by atoms with van der Waals surface area (Å²) in [5.41, 5.74) is 3.61. The maximum absolute atomic E-state index is 9.95.